The van der Waals surface area contributed by atoms with E-state index in [1.165, 1.54) is 5.56 Å². The predicted molar refractivity (Wildman–Crippen MR) is 62.5 cm³/mol. The summed E-state index contributed by atoms with van der Waals surface area (Å²) >= 11 is 0. The third kappa shape index (κ3) is 2.84. The van der Waals surface area contributed by atoms with Crippen molar-refractivity contribution in [3.8, 4) is 0 Å². The molecule has 0 spiro atoms. The minimum atomic E-state index is -2.01. The molecule has 0 radical (unpaired) electrons. The van der Waals surface area contributed by atoms with Crippen LogP contribution in [0, 0.1) is 6.92 Å². The van der Waals surface area contributed by atoms with Crippen molar-refractivity contribution < 1.29 is 4.21 Å². The average molecular weight is 211 g/mol. The highest BCUT2D eigenvalue weighted by Crippen LogP contribution is 2.15. The molecular weight excluding hydrogens is 194 g/mol. The smallest absolute Gasteiger partial charge is 0.0730 e. The summed E-state index contributed by atoms with van der Waals surface area (Å²) in [5, 5.41) is 0. The summed E-state index contributed by atoms with van der Waals surface area (Å²) in [4.78, 5) is 0. The van der Waals surface area contributed by atoms with Gasteiger partial charge in [0.1, 0.15) is 0 Å². The zero-order valence-electron chi connectivity index (χ0n) is 8.99. The van der Waals surface area contributed by atoms with Crippen LogP contribution in [0.4, 0.5) is 5.69 Å². The Bertz CT molecular complexity index is 390. The molecular formula is C11H17NOS. The van der Waals surface area contributed by atoms with Crippen LogP contribution < -0.4 is 0 Å². The number of hydrogen-bond acceptors (Lipinski definition) is 2. The molecule has 14 heavy (non-hydrogen) atoms. The lowest BCUT2D eigenvalue weighted by Crippen LogP contribution is -2.04. The van der Waals surface area contributed by atoms with Crippen molar-refractivity contribution in [3.63, 3.8) is 0 Å². The molecule has 0 aromatic heterocycles. The van der Waals surface area contributed by atoms with E-state index in [1.54, 1.807) is 0 Å². The van der Waals surface area contributed by atoms with Crippen LogP contribution in [-0.2, 0) is 9.73 Å². The van der Waals surface area contributed by atoms with Gasteiger partial charge in [0.25, 0.3) is 0 Å². The van der Waals surface area contributed by atoms with E-state index in [0.717, 1.165) is 5.69 Å². The third-order valence-corrected chi connectivity index (χ3v) is 4.56. The number of rotatable bonds is 3. The van der Waals surface area contributed by atoms with Gasteiger partial charge in [0.05, 0.1) is 15.4 Å². The molecule has 0 saturated carbocycles. The van der Waals surface area contributed by atoms with Crippen molar-refractivity contribution in [2.75, 3.05) is 11.5 Å². The molecule has 1 aromatic rings. The van der Waals surface area contributed by atoms with E-state index < -0.39 is 9.73 Å². The summed E-state index contributed by atoms with van der Waals surface area (Å²) in [6, 6.07) is 7.81. The van der Waals surface area contributed by atoms with Gasteiger partial charge in [-0.1, -0.05) is 31.5 Å². The highest BCUT2D eigenvalue weighted by Gasteiger charge is 2.02. The van der Waals surface area contributed by atoms with Crippen molar-refractivity contribution in [1.82, 2.24) is 0 Å². The van der Waals surface area contributed by atoms with Crippen LogP contribution in [0.25, 0.3) is 0 Å². The summed E-state index contributed by atoms with van der Waals surface area (Å²) in [7, 11) is -2.01. The maximum atomic E-state index is 12.0. The first-order chi connectivity index (χ1) is 6.59. The quantitative estimate of drug-likeness (QED) is 0.755. The second-order valence-corrected chi connectivity index (χ2v) is 6.16. The minimum Gasteiger partial charge on any atom is -0.249 e. The van der Waals surface area contributed by atoms with Crippen LogP contribution in [-0.4, -0.2) is 15.7 Å². The Morgan fingerprint density at radius 2 is 1.64 bits per heavy atom. The van der Waals surface area contributed by atoms with E-state index >= 15 is 0 Å². The zero-order chi connectivity index (χ0) is 10.6. The summed E-state index contributed by atoms with van der Waals surface area (Å²) in [5.41, 5.74) is 2.02. The lowest BCUT2D eigenvalue weighted by atomic mass is 10.2. The third-order valence-electron chi connectivity index (χ3n) is 2.21. The van der Waals surface area contributed by atoms with E-state index in [-0.39, 0.29) is 0 Å². The normalized spacial score (nSPS) is 11.4. The van der Waals surface area contributed by atoms with Gasteiger partial charge >= 0.3 is 0 Å². The van der Waals surface area contributed by atoms with Crippen molar-refractivity contribution in [3.05, 3.63) is 29.8 Å². The monoisotopic (exact) mass is 211 g/mol. The Labute approximate surface area is 86.5 Å². The molecule has 0 aliphatic carbocycles. The first kappa shape index (κ1) is 11.2. The van der Waals surface area contributed by atoms with E-state index in [2.05, 4.69) is 4.36 Å². The fourth-order valence-electron chi connectivity index (χ4n) is 1.13. The first-order valence-electron chi connectivity index (χ1n) is 4.89. The Morgan fingerprint density at radius 1 is 1.14 bits per heavy atom. The standard InChI is InChI=1S/C11H17NOS/c1-4-14(13,5-2)12-11-8-6-10(3)7-9-11/h6-9H,4-5H2,1-3H3. The molecule has 0 saturated heterocycles. The zero-order valence-corrected chi connectivity index (χ0v) is 9.80. The van der Waals surface area contributed by atoms with Gasteiger partial charge in [-0.3, -0.25) is 0 Å². The van der Waals surface area contributed by atoms with Gasteiger partial charge in [0.15, 0.2) is 0 Å². The Balaban J connectivity index is 3.08. The summed E-state index contributed by atoms with van der Waals surface area (Å²) in [5.74, 6) is 1.24. The van der Waals surface area contributed by atoms with Crippen LogP contribution in [0.1, 0.15) is 19.4 Å². The molecule has 1 rings (SSSR count). The van der Waals surface area contributed by atoms with Crippen molar-refractivity contribution in [2.24, 2.45) is 4.36 Å². The minimum absolute atomic E-state index is 0.622. The van der Waals surface area contributed by atoms with Gasteiger partial charge in [-0.15, -0.1) is 0 Å². The molecule has 0 bridgehead atoms. The second kappa shape index (κ2) is 4.60. The number of benzene rings is 1. The lowest BCUT2D eigenvalue weighted by Gasteiger charge is -2.03. The largest absolute Gasteiger partial charge is 0.249 e. The maximum Gasteiger partial charge on any atom is 0.0730 e. The van der Waals surface area contributed by atoms with Gasteiger partial charge < -0.3 is 0 Å². The van der Waals surface area contributed by atoms with Gasteiger partial charge in [-0.2, -0.15) is 4.36 Å². The van der Waals surface area contributed by atoms with Gasteiger partial charge in [-0.05, 0) is 19.1 Å². The molecule has 0 heterocycles. The van der Waals surface area contributed by atoms with E-state index in [4.69, 9.17) is 0 Å². The summed E-state index contributed by atoms with van der Waals surface area (Å²) in [6.07, 6.45) is 0. The SMILES string of the molecule is CCS(=O)(CC)=Nc1ccc(C)cc1. The molecule has 0 fully saturated rings. The Morgan fingerprint density at radius 3 is 2.07 bits per heavy atom. The lowest BCUT2D eigenvalue weighted by molar-refractivity contribution is 0.678. The van der Waals surface area contributed by atoms with E-state index in [0.29, 0.717) is 11.5 Å². The number of nitrogens with zero attached hydrogens (tertiary/aromatic N) is 1. The van der Waals surface area contributed by atoms with Crippen molar-refractivity contribution in [2.45, 2.75) is 20.8 Å². The number of hydrogen-bond donors (Lipinski definition) is 0. The molecule has 0 aliphatic rings. The Kier molecular flexibility index (Phi) is 3.69. The summed E-state index contributed by atoms with van der Waals surface area (Å²) in [6.45, 7) is 5.87. The van der Waals surface area contributed by atoms with E-state index in [9.17, 15) is 4.21 Å². The topological polar surface area (TPSA) is 29.4 Å². The van der Waals surface area contributed by atoms with Gasteiger partial charge in [0.2, 0.25) is 0 Å². The number of aryl methyl sites for hydroxylation is 1. The molecule has 0 atom stereocenters. The fourth-order valence-corrected chi connectivity index (χ4v) is 2.30. The highest BCUT2D eigenvalue weighted by atomic mass is 32.2. The van der Waals surface area contributed by atoms with Crippen LogP contribution in [0.15, 0.2) is 28.6 Å². The van der Waals surface area contributed by atoms with Crippen LogP contribution in [0.3, 0.4) is 0 Å². The van der Waals surface area contributed by atoms with Gasteiger partial charge in [0, 0.05) is 11.5 Å². The molecule has 78 valence electrons. The van der Waals surface area contributed by atoms with Crippen molar-refractivity contribution in [1.29, 1.82) is 0 Å². The predicted octanol–water partition coefficient (Wildman–Crippen LogP) is 3.13. The molecule has 0 unspecified atom stereocenters. The second-order valence-electron chi connectivity index (χ2n) is 3.28. The molecule has 3 heteroatoms. The molecule has 0 amide bonds. The van der Waals surface area contributed by atoms with Crippen LogP contribution >= 0.6 is 0 Å². The maximum absolute atomic E-state index is 12.0. The summed E-state index contributed by atoms with van der Waals surface area (Å²) < 4.78 is 16.3. The fraction of sp³-hybridized carbons (Fsp3) is 0.455. The molecule has 1 aromatic carbocycles. The molecule has 2 nitrogen and oxygen atoms in total. The van der Waals surface area contributed by atoms with E-state index in [1.807, 2.05) is 45.0 Å². The Hall–Kier alpha value is -0.830. The highest BCUT2D eigenvalue weighted by molar-refractivity contribution is 7.93. The first-order valence-corrected chi connectivity index (χ1v) is 6.74. The average Bonchev–Trinajstić information content (AvgIpc) is 2.21. The van der Waals surface area contributed by atoms with Crippen molar-refractivity contribution >= 4 is 15.4 Å². The molecule has 0 N–H and O–H groups in total. The molecule has 0 aliphatic heterocycles. The van der Waals surface area contributed by atoms with Gasteiger partial charge in [-0.25, -0.2) is 4.21 Å². The van der Waals surface area contributed by atoms with Crippen LogP contribution in [0.5, 0.6) is 0 Å². The van der Waals surface area contributed by atoms with Crippen LogP contribution in [0.2, 0.25) is 0 Å².